The Morgan fingerprint density at radius 1 is 1.43 bits per heavy atom. The van der Waals surface area contributed by atoms with Gasteiger partial charge in [-0.05, 0) is 12.3 Å². The van der Waals surface area contributed by atoms with Crippen molar-refractivity contribution < 1.29 is 22.0 Å². The molecule has 0 aromatic carbocycles. The van der Waals surface area contributed by atoms with Crippen LogP contribution in [0.5, 0.6) is 0 Å². The fourth-order valence-electron chi connectivity index (χ4n) is 2.75. The molecular formula is C14H19F2N3O3S. The number of aromatic nitrogens is 1. The minimum Gasteiger partial charge on any atom is -0.346 e. The Labute approximate surface area is 133 Å². The smallest absolute Gasteiger partial charge is 0.273 e. The van der Waals surface area contributed by atoms with Crippen LogP contribution in [-0.4, -0.2) is 49.0 Å². The van der Waals surface area contributed by atoms with Gasteiger partial charge in [-0.25, -0.2) is 22.2 Å². The van der Waals surface area contributed by atoms with Crippen molar-refractivity contribution in [3.8, 4) is 0 Å². The van der Waals surface area contributed by atoms with E-state index in [4.69, 9.17) is 0 Å². The second-order valence-electron chi connectivity index (χ2n) is 5.69. The summed E-state index contributed by atoms with van der Waals surface area (Å²) in [5.74, 6) is -2.74. The molecule has 0 saturated carbocycles. The molecule has 1 aliphatic heterocycles. The van der Waals surface area contributed by atoms with Gasteiger partial charge in [-0.2, -0.15) is 4.31 Å². The predicted octanol–water partition coefficient (Wildman–Crippen LogP) is 1.15. The zero-order chi connectivity index (χ0) is 17.2. The van der Waals surface area contributed by atoms with Crippen LogP contribution in [0.15, 0.2) is 12.3 Å². The number of nitrogens with one attached hydrogen (secondary N) is 1. The maximum atomic E-state index is 13.6. The van der Waals surface area contributed by atoms with E-state index in [1.807, 2.05) is 6.92 Å². The highest BCUT2D eigenvalue weighted by Gasteiger charge is 2.37. The number of hydrogen-bond donors (Lipinski definition) is 1. The molecule has 1 amide bonds. The largest absolute Gasteiger partial charge is 0.346 e. The minimum atomic E-state index is -3.36. The molecule has 1 aromatic heterocycles. The predicted molar refractivity (Wildman–Crippen MR) is 80.2 cm³/mol. The Kier molecular flexibility index (Phi) is 5.30. The third kappa shape index (κ3) is 4.23. The lowest BCUT2D eigenvalue weighted by Gasteiger charge is -2.19. The highest BCUT2D eigenvalue weighted by Crippen LogP contribution is 2.24. The van der Waals surface area contributed by atoms with Crippen molar-refractivity contribution in [3.05, 3.63) is 29.6 Å². The van der Waals surface area contributed by atoms with Crippen molar-refractivity contribution in [3.63, 3.8) is 0 Å². The van der Waals surface area contributed by atoms with E-state index in [9.17, 15) is 22.0 Å². The normalized spacial score (nSPS) is 22.3. The van der Waals surface area contributed by atoms with Crippen LogP contribution in [0.25, 0.3) is 0 Å². The van der Waals surface area contributed by atoms with Crippen LogP contribution in [-0.2, 0) is 10.0 Å². The molecule has 2 heterocycles. The van der Waals surface area contributed by atoms with E-state index < -0.39 is 39.3 Å². The molecule has 9 heteroatoms. The van der Waals surface area contributed by atoms with E-state index >= 15 is 0 Å². The van der Waals surface area contributed by atoms with E-state index in [1.165, 1.54) is 4.31 Å². The molecule has 23 heavy (non-hydrogen) atoms. The first-order valence-corrected chi connectivity index (χ1v) is 9.14. The van der Waals surface area contributed by atoms with Crippen molar-refractivity contribution in [1.29, 1.82) is 0 Å². The van der Waals surface area contributed by atoms with Gasteiger partial charge in [0.2, 0.25) is 10.0 Å². The lowest BCUT2D eigenvalue weighted by atomic mass is 9.98. The Morgan fingerprint density at radius 3 is 2.70 bits per heavy atom. The van der Waals surface area contributed by atoms with Crippen molar-refractivity contribution in [2.45, 2.75) is 25.8 Å². The van der Waals surface area contributed by atoms with Crippen LogP contribution in [0.1, 0.15) is 30.3 Å². The first kappa shape index (κ1) is 17.7. The number of pyridine rings is 1. The molecular weight excluding hydrogens is 328 g/mol. The van der Waals surface area contributed by atoms with Gasteiger partial charge in [-0.1, -0.05) is 13.3 Å². The maximum absolute atomic E-state index is 13.6. The van der Waals surface area contributed by atoms with Gasteiger partial charge in [0.25, 0.3) is 5.91 Å². The summed E-state index contributed by atoms with van der Waals surface area (Å²) in [6.07, 6.45) is 3.44. The summed E-state index contributed by atoms with van der Waals surface area (Å²) in [6.45, 7) is 2.41. The summed E-state index contributed by atoms with van der Waals surface area (Å²) in [4.78, 5) is 15.6. The van der Waals surface area contributed by atoms with Crippen LogP contribution < -0.4 is 5.32 Å². The van der Waals surface area contributed by atoms with Gasteiger partial charge in [0.05, 0.1) is 12.5 Å². The van der Waals surface area contributed by atoms with Crippen LogP contribution >= 0.6 is 0 Å². The summed E-state index contributed by atoms with van der Waals surface area (Å²) in [5.41, 5.74) is -0.501. The van der Waals surface area contributed by atoms with Crippen molar-refractivity contribution in [2.24, 2.45) is 5.92 Å². The quantitative estimate of drug-likeness (QED) is 0.867. The average molecular weight is 347 g/mol. The summed E-state index contributed by atoms with van der Waals surface area (Å²) in [5, 5.41) is 2.62. The standard InChI is InChI=1S/C14H19F2N3O3S/c1-3-4-9-7-19(23(2,21)22)8-12(9)18-14(20)13-11(16)5-10(15)6-17-13/h5-6,9,12H,3-4,7-8H2,1-2H3,(H,18,20)/t9-,12-/m0/s1. The van der Waals surface area contributed by atoms with Crippen LogP contribution in [0.3, 0.4) is 0 Å². The average Bonchev–Trinajstić information content (AvgIpc) is 2.82. The van der Waals surface area contributed by atoms with Crippen molar-refractivity contribution in [1.82, 2.24) is 14.6 Å². The van der Waals surface area contributed by atoms with Crippen LogP contribution in [0, 0.1) is 17.6 Å². The Balaban J connectivity index is 2.14. The van der Waals surface area contributed by atoms with E-state index in [0.717, 1.165) is 25.3 Å². The van der Waals surface area contributed by atoms with Gasteiger partial charge in [-0.3, -0.25) is 4.79 Å². The molecule has 2 atom stereocenters. The van der Waals surface area contributed by atoms with Crippen molar-refractivity contribution >= 4 is 15.9 Å². The third-order valence-electron chi connectivity index (χ3n) is 3.88. The molecule has 128 valence electrons. The number of rotatable bonds is 5. The third-order valence-corrected chi connectivity index (χ3v) is 5.11. The van der Waals surface area contributed by atoms with Gasteiger partial charge in [-0.15, -0.1) is 0 Å². The van der Waals surface area contributed by atoms with Gasteiger partial charge in [0.1, 0.15) is 5.82 Å². The number of carbonyl (C=O) groups is 1. The van der Waals surface area contributed by atoms with Gasteiger partial charge < -0.3 is 5.32 Å². The van der Waals surface area contributed by atoms with Gasteiger partial charge in [0, 0.05) is 25.2 Å². The molecule has 0 radical (unpaired) electrons. The van der Waals surface area contributed by atoms with Crippen LogP contribution in [0.2, 0.25) is 0 Å². The maximum Gasteiger partial charge on any atom is 0.273 e. The fraction of sp³-hybridized carbons (Fsp3) is 0.571. The van der Waals surface area contributed by atoms with Gasteiger partial charge >= 0.3 is 0 Å². The second-order valence-corrected chi connectivity index (χ2v) is 7.68. The second kappa shape index (κ2) is 6.88. The molecule has 2 rings (SSSR count). The summed E-state index contributed by atoms with van der Waals surface area (Å²) in [6, 6.07) is 0.159. The number of nitrogens with zero attached hydrogens (tertiary/aromatic N) is 2. The number of carbonyl (C=O) groups excluding carboxylic acids is 1. The van der Waals surface area contributed by atoms with E-state index in [-0.39, 0.29) is 12.5 Å². The number of hydrogen-bond acceptors (Lipinski definition) is 4. The van der Waals surface area contributed by atoms with E-state index in [0.29, 0.717) is 12.6 Å². The fourth-order valence-corrected chi connectivity index (χ4v) is 3.64. The Bertz CT molecular complexity index is 697. The van der Waals surface area contributed by atoms with Crippen molar-refractivity contribution in [2.75, 3.05) is 19.3 Å². The molecule has 0 bridgehead atoms. The lowest BCUT2D eigenvalue weighted by Crippen LogP contribution is -2.41. The topological polar surface area (TPSA) is 79.4 Å². The Hall–Kier alpha value is -1.61. The molecule has 0 unspecified atom stereocenters. The lowest BCUT2D eigenvalue weighted by molar-refractivity contribution is 0.0920. The first-order chi connectivity index (χ1) is 10.7. The molecule has 1 fully saturated rings. The summed E-state index contributed by atoms with van der Waals surface area (Å²) >= 11 is 0. The highest BCUT2D eigenvalue weighted by atomic mass is 32.2. The van der Waals surface area contributed by atoms with Crippen LogP contribution in [0.4, 0.5) is 8.78 Å². The Morgan fingerprint density at radius 2 is 2.13 bits per heavy atom. The molecule has 1 aromatic rings. The zero-order valence-electron chi connectivity index (χ0n) is 12.9. The molecule has 1 saturated heterocycles. The minimum absolute atomic E-state index is 0.0535. The molecule has 1 N–H and O–H groups in total. The van der Waals surface area contributed by atoms with Gasteiger partial charge in [0.15, 0.2) is 11.5 Å². The monoisotopic (exact) mass is 347 g/mol. The molecule has 6 nitrogen and oxygen atoms in total. The summed E-state index contributed by atoms with van der Waals surface area (Å²) < 4.78 is 51.1. The number of sulfonamides is 1. The number of halogens is 2. The number of amides is 1. The molecule has 1 aliphatic rings. The highest BCUT2D eigenvalue weighted by molar-refractivity contribution is 7.88. The zero-order valence-corrected chi connectivity index (χ0v) is 13.7. The first-order valence-electron chi connectivity index (χ1n) is 7.29. The van der Waals surface area contributed by atoms with E-state index in [2.05, 4.69) is 10.3 Å². The SMILES string of the molecule is CCC[C@H]1CN(S(C)(=O)=O)C[C@@H]1NC(=O)c1ncc(F)cc1F. The molecule has 0 spiro atoms. The molecule has 0 aliphatic carbocycles. The van der Waals surface area contributed by atoms with E-state index in [1.54, 1.807) is 0 Å². The summed E-state index contributed by atoms with van der Waals surface area (Å²) in [7, 11) is -3.36.